The summed E-state index contributed by atoms with van der Waals surface area (Å²) in [6, 6.07) is 14.1. The molecule has 27 heavy (non-hydrogen) atoms. The molecule has 140 valence electrons. The molecular weight excluding hydrogens is 450 g/mol. The molecule has 0 bridgehead atoms. The summed E-state index contributed by atoms with van der Waals surface area (Å²) in [7, 11) is 0. The van der Waals surface area contributed by atoms with Crippen molar-refractivity contribution in [3.05, 3.63) is 69.8 Å². The van der Waals surface area contributed by atoms with E-state index in [1.165, 1.54) is 11.1 Å². The van der Waals surface area contributed by atoms with Gasteiger partial charge in [0.15, 0.2) is 0 Å². The van der Waals surface area contributed by atoms with Crippen molar-refractivity contribution in [2.24, 2.45) is 0 Å². The summed E-state index contributed by atoms with van der Waals surface area (Å²) in [5.41, 5.74) is 12.4. The third-order valence-corrected chi connectivity index (χ3v) is 10.0. The fourth-order valence-corrected chi connectivity index (χ4v) is 8.40. The third kappa shape index (κ3) is 3.45. The van der Waals surface area contributed by atoms with E-state index in [-0.39, 0.29) is 24.8 Å². The van der Waals surface area contributed by atoms with E-state index in [2.05, 4.69) is 77.9 Å². The molecule has 0 aromatic heterocycles. The van der Waals surface area contributed by atoms with Crippen molar-refractivity contribution in [1.82, 2.24) is 0 Å². The molecule has 3 heteroatoms. The van der Waals surface area contributed by atoms with Crippen molar-refractivity contribution in [3.63, 3.8) is 0 Å². The molecule has 0 radical (unpaired) electrons. The second-order valence-corrected chi connectivity index (χ2v) is 11.0. The molecule has 0 N–H and O–H groups in total. The Morgan fingerprint density at radius 2 is 1.00 bits per heavy atom. The quantitative estimate of drug-likeness (QED) is 0.551. The third-order valence-electron chi connectivity index (χ3n) is 6.63. The first-order chi connectivity index (χ1) is 11.9. The summed E-state index contributed by atoms with van der Waals surface area (Å²) in [5, 5.41) is 0. The van der Waals surface area contributed by atoms with Crippen LogP contribution in [0.25, 0.3) is 11.1 Å². The van der Waals surface area contributed by atoms with Crippen LogP contribution in [0.2, 0.25) is 0 Å². The van der Waals surface area contributed by atoms with Crippen LogP contribution in [0.3, 0.4) is 0 Å². The van der Waals surface area contributed by atoms with Gasteiger partial charge >= 0.3 is 164 Å². The Morgan fingerprint density at radius 3 is 1.37 bits per heavy atom. The first-order valence-corrected chi connectivity index (χ1v) is 11.8. The summed E-state index contributed by atoms with van der Waals surface area (Å²) in [6.45, 7) is 14.0. The van der Waals surface area contributed by atoms with Crippen LogP contribution in [0.4, 0.5) is 0 Å². The monoisotopic (exact) mass is 474 g/mol. The van der Waals surface area contributed by atoms with Crippen molar-refractivity contribution < 1.29 is 48.0 Å². The Kier molecular flexibility index (Phi) is 7.05. The molecule has 0 amide bonds. The summed E-state index contributed by atoms with van der Waals surface area (Å²) >= 11 is -0.842. The molecule has 0 saturated heterocycles. The van der Waals surface area contributed by atoms with Gasteiger partial charge in [-0.15, -0.1) is 0 Å². The van der Waals surface area contributed by atoms with Crippen LogP contribution in [-0.2, 0) is 23.2 Å². The predicted molar refractivity (Wildman–Crippen MR) is 106 cm³/mol. The molecule has 2 aliphatic carbocycles. The number of hydrogen-bond donors (Lipinski definition) is 0. The smallest absolute Gasteiger partial charge is 1.00 e. The van der Waals surface area contributed by atoms with Crippen LogP contribution >= 0.6 is 0 Å². The molecule has 2 aliphatic rings. The minimum atomic E-state index is -0.842. The van der Waals surface area contributed by atoms with Gasteiger partial charge in [0.05, 0.1) is 0 Å². The summed E-state index contributed by atoms with van der Waals surface area (Å²) in [4.78, 5) is 0. The topological polar surface area (TPSA) is 0 Å². The standard InChI is InChI=1S/2C12H13.2ClH.Zr/c2*1-8-9(2)11-6-4-5-7-12(11)10(8)3;;;/h2*4-6,9H,1-3H3;2*1H;/q;;;;+2/p-2. The van der Waals surface area contributed by atoms with E-state index in [4.69, 9.17) is 0 Å². The van der Waals surface area contributed by atoms with Crippen LogP contribution in [-0.4, -0.2) is 0 Å². The van der Waals surface area contributed by atoms with Crippen LogP contribution < -0.4 is 31.4 Å². The zero-order valence-electron chi connectivity index (χ0n) is 16.9. The van der Waals surface area contributed by atoms with Crippen LogP contribution in [0, 0.1) is 0 Å². The Labute approximate surface area is 187 Å². The van der Waals surface area contributed by atoms with E-state index in [1.807, 2.05) is 0 Å². The minimum Gasteiger partial charge on any atom is -1.00 e. The average molecular weight is 477 g/mol. The van der Waals surface area contributed by atoms with E-state index in [1.54, 1.807) is 39.9 Å². The van der Waals surface area contributed by atoms with Crippen molar-refractivity contribution in [1.29, 1.82) is 0 Å². The van der Waals surface area contributed by atoms with Crippen LogP contribution in [0.1, 0.15) is 75.6 Å². The summed E-state index contributed by atoms with van der Waals surface area (Å²) in [6.07, 6.45) is 0. The Balaban J connectivity index is 0.00000131. The molecule has 4 rings (SSSR count). The fraction of sp³-hybridized carbons (Fsp3) is 0.333. The van der Waals surface area contributed by atoms with Gasteiger partial charge in [-0.2, -0.15) is 0 Å². The van der Waals surface area contributed by atoms with Crippen molar-refractivity contribution >= 4 is 17.7 Å². The molecule has 0 nitrogen and oxygen atoms in total. The van der Waals surface area contributed by atoms with E-state index in [0.29, 0.717) is 11.8 Å². The Bertz CT molecular complexity index is 875. The van der Waals surface area contributed by atoms with Crippen molar-refractivity contribution in [2.75, 3.05) is 0 Å². The van der Waals surface area contributed by atoms with Crippen molar-refractivity contribution in [3.8, 4) is 0 Å². The van der Waals surface area contributed by atoms with Gasteiger partial charge in [0.2, 0.25) is 0 Å². The predicted octanol–water partition coefficient (Wildman–Crippen LogP) is -0.451. The van der Waals surface area contributed by atoms with E-state index < -0.39 is 23.2 Å². The van der Waals surface area contributed by atoms with Gasteiger partial charge in [0.25, 0.3) is 0 Å². The maximum atomic E-state index is 2.41. The number of fused-ring (bicyclic) bond motifs is 2. The zero-order valence-corrected chi connectivity index (χ0v) is 20.8. The second-order valence-electron chi connectivity index (χ2n) is 7.72. The maximum Gasteiger partial charge on any atom is -1.00 e. The largest absolute Gasteiger partial charge is 1.00 e. The SMILES string of the molecule is CC1=C(C)C(C)c2ccc[c]([Zr+2][c]3cccc4c3C(C)=C(C)C4C)c21.[Cl-].[Cl-]. The van der Waals surface area contributed by atoms with Gasteiger partial charge in [-0.1, -0.05) is 0 Å². The Hall–Kier alpha value is -0.617. The molecule has 0 saturated carbocycles. The summed E-state index contributed by atoms with van der Waals surface area (Å²) in [5.74, 6) is 1.17. The normalized spacial score (nSPS) is 19.9. The molecule has 2 aromatic carbocycles. The number of allylic oxidation sites excluding steroid dienone is 4. The molecule has 0 fully saturated rings. The van der Waals surface area contributed by atoms with Gasteiger partial charge in [-0.05, 0) is 0 Å². The van der Waals surface area contributed by atoms with Crippen molar-refractivity contribution in [2.45, 2.75) is 53.4 Å². The molecule has 0 spiro atoms. The minimum absolute atomic E-state index is 0. The number of benzene rings is 2. The average Bonchev–Trinajstić information content (AvgIpc) is 2.97. The van der Waals surface area contributed by atoms with Gasteiger partial charge in [-0.3, -0.25) is 0 Å². The van der Waals surface area contributed by atoms with Crippen LogP contribution in [0.5, 0.6) is 0 Å². The van der Waals surface area contributed by atoms with E-state index in [9.17, 15) is 0 Å². The molecule has 0 heterocycles. The molecule has 2 atom stereocenters. The molecule has 2 unspecified atom stereocenters. The first kappa shape index (κ1) is 22.7. The van der Waals surface area contributed by atoms with Gasteiger partial charge in [0.1, 0.15) is 0 Å². The van der Waals surface area contributed by atoms with E-state index >= 15 is 0 Å². The van der Waals surface area contributed by atoms with Crippen LogP contribution in [0.15, 0.2) is 47.5 Å². The second kappa shape index (κ2) is 8.40. The zero-order chi connectivity index (χ0) is 17.9. The fourth-order valence-electron chi connectivity index (χ4n) is 4.56. The Morgan fingerprint density at radius 1 is 0.630 bits per heavy atom. The first-order valence-electron chi connectivity index (χ1n) is 9.30. The maximum absolute atomic E-state index is 2.41. The van der Waals surface area contributed by atoms with E-state index in [0.717, 1.165) is 0 Å². The molecular formula is C24H26Cl2Zr. The van der Waals surface area contributed by atoms with Gasteiger partial charge in [-0.25, -0.2) is 0 Å². The van der Waals surface area contributed by atoms with Gasteiger partial charge in [0, 0.05) is 0 Å². The number of halogens is 2. The van der Waals surface area contributed by atoms with Gasteiger partial charge < -0.3 is 24.8 Å². The number of hydrogen-bond acceptors (Lipinski definition) is 0. The summed E-state index contributed by atoms with van der Waals surface area (Å²) < 4.78 is 3.31. The molecule has 2 aromatic rings. The molecule has 0 aliphatic heterocycles. The number of rotatable bonds is 2.